The van der Waals surface area contributed by atoms with Gasteiger partial charge in [0.25, 0.3) is 0 Å². The molecule has 1 atom stereocenters. The standard InChI is InChI=1S/C13H21N3O/c1-10-5-3-6-12(9-10)11(2)15-8-4-7-13(14)16-17/h3,5-6,9,11,15,17H,4,7-8H2,1-2H3,(H2,14,16)/t11-/m0/s1. The monoisotopic (exact) mass is 235 g/mol. The molecule has 0 spiro atoms. The number of benzene rings is 1. The second-order valence-electron chi connectivity index (χ2n) is 4.28. The van der Waals surface area contributed by atoms with Gasteiger partial charge in [0.15, 0.2) is 0 Å². The molecule has 4 heteroatoms. The van der Waals surface area contributed by atoms with Crippen LogP contribution in [0.2, 0.25) is 0 Å². The summed E-state index contributed by atoms with van der Waals surface area (Å²) in [5.74, 6) is 0.287. The topological polar surface area (TPSA) is 70.6 Å². The Morgan fingerprint density at radius 1 is 1.53 bits per heavy atom. The fraction of sp³-hybridized carbons (Fsp3) is 0.462. The molecule has 0 bridgehead atoms. The Kier molecular flexibility index (Phi) is 5.49. The summed E-state index contributed by atoms with van der Waals surface area (Å²) in [6.45, 7) is 5.08. The van der Waals surface area contributed by atoms with Gasteiger partial charge in [0, 0.05) is 12.5 Å². The lowest BCUT2D eigenvalue weighted by atomic mass is 10.1. The molecular weight excluding hydrogens is 214 g/mol. The summed E-state index contributed by atoms with van der Waals surface area (Å²) in [5, 5.41) is 14.7. The van der Waals surface area contributed by atoms with E-state index in [-0.39, 0.29) is 5.84 Å². The number of amidine groups is 1. The highest BCUT2D eigenvalue weighted by molar-refractivity contribution is 5.79. The predicted octanol–water partition coefficient (Wildman–Crippen LogP) is 2.17. The predicted molar refractivity (Wildman–Crippen MR) is 70.2 cm³/mol. The first-order chi connectivity index (χ1) is 8.13. The Bertz CT molecular complexity index is 377. The molecule has 0 fully saturated rings. The van der Waals surface area contributed by atoms with Gasteiger partial charge in [0.05, 0.1) is 0 Å². The van der Waals surface area contributed by atoms with Crippen molar-refractivity contribution >= 4 is 5.84 Å². The summed E-state index contributed by atoms with van der Waals surface area (Å²) in [7, 11) is 0. The largest absolute Gasteiger partial charge is 0.409 e. The van der Waals surface area contributed by atoms with Crippen molar-refractivity contribution in [1.29, 1.82) is 0 Å². The van der Waals surface area contributed by atoms with Crippen LogP contribution in [-0.4, -0.2) is 17.6 Å². The van der Waals surface area contributed by atoms with Crippen LogP contribution in [0.3, 0.4) is 0 Å². The molecule has 17 heavy (non-hydrogen) atoms. The van der Waals surface area contributed by atoms with Crippen molar-refractivity contribution in [2.75, 3.05) is 6.54 Å². The quantitative estimate of drug-likeness (QED) is 0.233. The maximum atomic E-state index is 8.39. The minimum atomic E-state index is 0.287. The van der Waals surface area contributed by atoms with E-state index in [1.165, 1.54) is 11.1 Å². The van der Waals surface area contributed by atoms with E-state index in [1.54, 1.807) is 0 Å². The Labute approximate surface area is 103 Å². The highest BCUT2D eigenvalue weighted by Crippen LogP contribution is 2.13. The van der Waals surface area contributed by atoms with Gasteiger partial charge in [-0.15, -0.1) is 0 Å². The van der Waals surface area contributed by atoms with E-state index in [4.69, 9.17) is 10.9 Å². The summed E-state index contributed by atoms with van der Waals surface area (Å²) < 4.78 is 0. The molecule has 0 aromatic heterocycles. The lowest BCUT2D eigenvalue weighted by Gasteiger charge is -2.14. The Balaban J connectivity index is 2.32. The van der Waals surface area contributed by atoms with Crippen molar-refractivity contribution in [1.82, 2.24) is 5.32 Å². The number of aryl methyl sites for hydroxylation is 1. The van der Waals surface area contributed by atoms with Crippen LogP contribution >= 0.6 is 0 Å². The van der Waals surface area contributed by atoms with Crippen molar-refractivity contribution in [3.05, 3.63) is 35.4 Å². The normalized spacial score (nSPS) is 13.6. The zero-order chi connectivity index (χ0) is 12.7. The van der Waals surface area contributed by atoms with Crippen molar-refractivity contribution in [3.8, 4) is 0 Å². The van der Waals surface area contributed by atoms with Crippen LogP contribution in [-0.2, 0) is 0 Å². The van der Waals surface area contributed by atoms with Gasteiger partial charge in [0.2, 0.25) is 0 Å². The Hall–Kier alpha value is -1.55. The molecule has 94 valence electrons. The summed E-state index contributed by atoms with van der Waals surface area (Å²) in [6.07, 6.45) is 1.48. The fourth-order valence-corrected chi connectivity index (χ4v) is 1.70. The first kappa shape index (κ1) is 13.5. The fourth-order valence-electron chi connectivity index (χ4n) is 1.70. The van der Waals surface area contributed by atoms with Crippen LogP contribution in [0, 0.1) is 6.92 Å². The minimum Gasteiger partial charge on any atom is -0.409 e. The molecule has 0 saturated carbocycles. The Morgan fingerprint density at radius 3 is 2.94 bits per heavy atom. The molecule has 0 aliphatic carbocycles. The SMILES string of the molecule is Cc1cccc([C@H](C)NCCC/C(N)=N/O)c1. The van der Waals surface area contributed by atoms with E-state index in [9.17, 15) is 0 Å². The van der Waals surface area contributed by atoms with E-state index in [1.807, 2.05) is 0 Å². The third-order valence-corrected chi connectivity index (χ3v) is 2.73. The summed E-state index contributed by atoms with van der Waals surface area (Å²) in [6, 6.07) is 8.78. The number of hydrogen-bond acceptors (Lipinski definition) is 3. The molecule has 1 rings (SSSR count). The summed E-state index contributed by atoms with van der Waals surface area (Å²) in [4.78, 5) is 0. The molecule has 4 nitrogen and oxygen atoms in total. The molecule has 0 unspecified atom stereocenters. The van der Waals surface area contributed by atoms with Crippen molar-refractivity contribution in [2.24, 2.45) is 10.9 Å². The van der Waals surface area contributed by atoms with Crippen LogP contribution in [0.4, 0.5) is 0 Å². The molecule has 1 aromatic carbocycles. The zero-order valence-electron chi connectivity index (χ0n) is 10.5. The molecule has 0 amide bonds. The molecule has 0 aliphatic rings. The lowest BCUT2D eigenvalue weighted by molar-refractivity contribution is 0.316. The van der Waals surface area contributed by atoms with Crippen LogP contribution in [0.15, 0.2) is 29.4 Å². The molecule has 0 aliphatic heterocycles. The molecule has 4 N–H and O–H groups in total. The van der Waals surface area contributed by atoms with Crippen molar-refractivity contribution < 1.29 is 5.21 Å². The summed E-state index contributed by atoms with van der Waals surface area (Å²) in [5.41, 5.74) is 7.95. The van der Waals surface area contributed by atoms with E-state index in [2.05, 4.69) is 48.6 Å². The van der Waals surface area contributed by atoms with Gasteiger partial charge >= 0.3 is 0 Å². The van der Waals surface area contributed by atoms with E-state index in [0.29, 0.717) is 12.5 Å². The van der Waals surface area contributed by atoms with Gasteiger partial charge in [-0.05, 0) is 32.4 Å². The van der Waals surface area contributed by atoms with Gasteiger partial charge in [-0.3, -0.25) is 0 Å². The number of nitrogens with one attached hydrogen (secondary N) is 1. The van der Waals surface area contributed by atoms with Gasteiger partial charge in [-0.2, -0.15) is 0 Å². The van der Waals surface area contributed by atoms with Crippen molar-refractivity contribution in [2.45, 2.75) is 32.7 Å². The van der Waals surface area contributed by atoms with Crippen molar-refractivity contribution in [3.63, 3.8) is 0 Å². The van der Waals surface area contributed by atoms with Gasteiger partial charge in [-0.25, -0.2) is 0 Å². The van der Waals surface area contributed by atoms with E-state index < -0.39 is 0 Å². The highest BCUT2D eigenvalue weighted by atomic mass is 16.4. The number of nitrogens with two attached hydrogens (primary N) is 1. The van der Waals surface area contributed by atoms with E-state index in [0.717, 1.165) is 13.0 Å². The number of nitrogens with zero attached hydrogens (tertiary/aromatic N) is 1. The number of oxime groups is 1. The third kappa shape index (κ3) is 4.87. The minimum absolute atomic E-state index is 0.287. The molecular formula is C13H21N3O. The van der Waals surface area contributed by atoms with Gasteiger partial charge in [0.1, 0.15) is 5.84 Å². The second kappa shape index (κ2) is 6.91. The average molecular weight is 235 g/mol. The van der Waals surface area contributed by atoms with Gasteiger partial charge < -0.3 is 16.3 Å². The van der Waals surface area contributed by atoms with Crippen LogP contribution in [0.1, 0.15) is 36.9 Å². The van der Waals surface area contributed by atoms with Gasteiger partial charge in [-0.1, -0.05) is 35.0 Å². The summed E-state index contributed by atoms with van der Waals surface area (Å²) >= 11 is 0. The number of rotatable bonds is 6. The third-order valence-electron chi connectivity index (χ3n) is 2.73. The van der Waals surface area contributed by atoms with E-state index >= 15 is 0 Å². The highest BCUT2D eigenvalue weighted by Gasteiger charge is 2.04. The molecule has 1 aromatic rings. The maximum Gasteiger partial charge on any atom is 0.139 e. The van der Waals surface area contributed by atoms with Crippen LogP contribution < -0.4 is 11.1 Å². The second-order valence-corrected chi connectivity index (χ2v) is 4.28. The first-order valence-corrected chi connectivity index (χ1v) is 5.90. The molecule has 0 radical (unpaired) electrons. The smallest absolute Gasteiger partial charge is 0.139 e. The molecule has 0 heterocycles. The van der Waals surface area contributed by atoms with Crippen LogP contribution in [0.5, 0.6) is 0 Å². The van der Waals surface area contributed by atoms with Crippen LogP contribution in [0.25, 0.3) is 0 Å². The average Bonchev–Trinajstić information content (AvgIpc) is 2.34. The maximum absolute atomic E-state index is 8.39. The lowest BCUT2D eigenvalue weighted by Crippen LogP contribution is -2.21. The first-order valence-electron chi connectivity index (χ1n) is 5.90. The molecule has 0 saturated heterocycles. The Morgan fingerprint density at radius 2 is 2.29 bits per heavy atom. The number of hydrogen-bond donors (Lipinski definition) is 3. The zero-order valence-corrected chi connectivity index (χ0v) is 10.5.